The van der Waals surface area contributed by atoms with Crippen molar-refractivity contribution in [1.82, 2.24) is 0 Å². The zero-order valence-corrected chi connectivity index (χ0v) is 8.89. The third-order valence-electron chi connectivity index (χ3n) is 2.43. The monoisotopic (exact) mass is 228 g/mol. The van der Waals surface area contributed by atoms with E-state index in [1.165, 1.54) is 12.1 Å². The third-order valence-corrected chi connectivity index (χ3v) is 2.43. The van der Waals surface area contributed by atoms with E-state index in [4.69, 9.17) is 0 Å². The van der Waals surface area contributed by atoms with Crippen LogP contribution < -0.4 is 0 Å². The predicted molar refractivity (Wildman–Crippen MR) is 62.6 cm³/mol. The number of rotatable bonds is 3. The fraction of sp³-hybridized carbons (Fsp3) is 0. The van der Waals surface area contributed by atoms with Crippen LogP contribution in [0.3, 0.4) is 0 Å². The minimum Gasteiger partial charge on any atom is -0.298 e. The first-order valence-electron chi connectivity index (χ1n) is 5.05. The van der Waals surface area contributed by atoms with Gasteiger partial charge in [0.1, 0.15) is 18.4 Å². The van der Waals surface area contributed by atoms with Gasteiger partial charge in [0, 0.05) is 16.7 Å². The topological polar surface area (TPSA) is 34.1 Å². The van der Waals surface area contributed by atoms with Crippen molar-refractivity contribution in [2.45, 2.75) is 0 Å². The summed E-state index contributed by atoms with van der Waals surface area (Å²) in [5.41, 5.74) is 1.61. The molecule has 0 spiro atoms. The predicted octanol–water partition coefficient (Wildman–Crippen LogP) is 3.12. The summed E-state index contributed by atoms with van der Waals surface area (Å²) in [6.07, 6.45) is 1.27. The Morgan fingerprint density at radius 3 is 2.00 bits per heavy atom. The van der Waals surface area contributed by atoms with Gasteiger partial charge in [0.05, 0.1) is 0 Å². The normalized spacial score (nSPS) is 9.94. The first kappa shape index (κ1) is 11.2. The Morgan fingerprint density at radius 2 is 1.47 bits per heavy atom. The number of carbonyl (C=O) groups is 2. The molecule has 0 fully saturated rings. The molecule has 0 bridgehead atoms. The first-order chi connectivity index (χ1) is 8.24. The molecular weight excluding hydrogens is 219 g/mol. The van der Waals surface area contributed by atoms with Gasteiger partial charge in [-0.2, -0.15) is 0 Å². The van der Waals surface area contributed by atoms with E-state index in [9.17, 15) is 14.0 Å². The van der Waals surface area contributed by atoms with E-state index < -0.39 is 0 Å². The SMILES string of the molecule is O=Cc1cc(C=O)cc(-c2ccccc2F)c1. The average molecular weight is 228 g/mol. The van der Waals surface area contributed by atoms with Gasteiger partial charge in [-0.1, -0.05) is 18.2 Å². The second-order valence-corrected chi connectivity index (χ2v) is 3.60. The summed E-state index contributed by atoms with van der Waals surface area (Å²) >= 11 is 0. The standard InChI is InChI=1S/C14H9FO2/c15-14-4-2-1-3-13(14)12-6-10(8-16)5-11(7-12)9-17/h1-9H. The Balaban J connectivity index is 2.63. The summed E-state index contributed by atoms with van der Waals surface area (Å²) in [7, 11) is 0. The summed E-state index contributed by atoms with van der Waals surface area (Å²) in [6.45, 7) is 0. The summed E-state index contributed by atoms with van der Waals surface area (Å²) in [6, 6.07) is 10.8. The molecule has 0 aliphatic heterocycles. The molecule has 2 aromatic rings. The zero-order valence-electron chi connectivity index (χ0n) is 8.89. The molecule has 0 radical (unpaired) electrons. The van der Waals surface area contributed by atoms with Crippen molar-refractivity contribution in [3.05, 3.63) is 59.4 Å². The smallest absolute Gasteiger partial charge is 0.150 e. The molecule has 0 heterocycles. The van der Waals surface area contributed by atoms with Crippen LogP contribution in [0.15, 0.2) is 42.5 Å². The van der Waals surface area contributed by atoms with Gasteiger partial charge in [0.15, 0.2) is 0 Å². The minimum atomic E-state index is -0.382. The van der Waals surface area contributed by atoms with E-state index in [1.54, 1.807) is 30.3 Å². The fourth-order valence-electron chi connectivity index (χ4n) is 1.66. The molecule has 0 N–H and O–H groups in total. The lowest BCUT2D eigenvalue weighted by Gasteiger charge is -2.05. The highest BCUT2D eigenvalue weighted by molar-refractivity contribution is 5.86. The lowest BCUT2D eigenvalue weighted by molar-refractivity contribution is 0.112. The van der Waals surface area contributed by atoms with E-state index in [1.807, 2.05) is 0 Å². The molecule has 0 aliphatic carbocycles. The van der Waals surface area contributed by atoms with Crippen LogP contribution in [0.5, 0.6) is 0 Å². The summed E-state index contributed by atoms with van der Waals surface area (Å²) in [4.78, 5) is 21.5. The molecule has 0 unspecified atom stereocenters. The molecule has 2 nitrogen and oxygen atoms in total. The van der Waals surface area contributed by atoms with Gasteiger partial charge in [-0.3, -0.25) is 9.59 Å². The van der Waals surface area contributed by atoms with Crippen molar-refractivity contribution in [3.8, 4) is 11.1 Å². The maximum absolute atomic E-state index is 13.6. The summed E-state index contributed by atoms with van der Waals surface area (Å²) in [5.74, 6) is -0.382. The Hall–Kier alpha value is -2.29. The van der Waals surface area contributed by atoms with Gasteiger partial charge >= 0.3 is 0 Å². The molecule has 0 aliphatic rings. The molecule has 0 saturated heterocycles. The molecule has 2 rings (SSSR count). The van der Waals surface area contributed by atoms with Crippen molar-refractivity contribution in [3.63, 3.8) is 0 Å². The van der Waals surface area contributed by atoms with Crippen molar-refractivity contribution in [2.75, 3.05) is 0 Å². The number of hydrogen-bond donors (Lipinski definition) is 0. The Morgan fingerprint density at radius 1 is 0.882 bits per heavy atom. The van der Waals surface area contributed by atoms with Crippen LogP contribution in [0, 0.1) is 5.82 Å². The van der Waals surface area contributed by atoms with Gasteiger partial charge in [0.25, 0.3) is 0 Å². The molecular formula is C14H9FO2. The number of halogens is 1. The molecule has 17 heavy (non-hydrogen) atoms. The van der Waals surface area contributed by atoms with Crippen LogP contribution in [0.1, 0.15) is 20.7 Å². The number of benzene rings is 2. The largest absolute Gasteiger partial charge is 0.298 e. The lowest BCUT2D eigenvalue weighted by atomic mass is 10.0. The van der Waals surface area contributed by atoms with E-state index in [0.29, 0.717) is 34.8 Å². The van der Waals surface area contributed by atoms with Crippen molar-refractivity contribution >= 4 is 12.6 Å². The second-order valence-electron chi connectivity index (χ2n) is 3.60. The lowest BCUT2D eigenvalue weighted by Crippen LogP contribution is -1.90. The highest BCUT2D eigenvalue weighted by Crippen LogP contribution is 2.24. The highest BCUT2D eigenvalue weighted by atomic mass is 19.1. The van der Waals surface area contributed by atoms with Gasteiger partial charge in [-0.05, 0) is 29.8 Å². The van der Waals surface area contributed by atoms with Crippen molar-refractivity contribution < 1.29 is 14.0 Å². The van der Waals surface area contributed by atoms with Crippen LogP contribution >= 0.6 is 0 Å². The van der Waals surface area contributed by atoms with E-state index >= 15 is 0 Å². The van der Waals surface area contributed by atoms with Crippen molar-refractivity contribution in [1.29, 1.82) is 0 Å². The maximum Gasteiger partial charge on any atom is 0.150 e. The van der Waals surface area contributed by atoms with Gasteiger partial charge in [0.2, 0.25) is 0 Å². The van der Waals surface area contributed by atoms with E-state index in [-0.39, 0.29) is 5.82 Å². The van der Waals surface area contributed by atoms with E-state index in [0.717, 1.165) is 0 Å². The first-order valence-corrected chi connectivity index (χ1v) is 5.05. The quantitative estimate of drug-likeness (QED) is 0.756. The second kappa shape index (κ2) is 4.70. The van der Waals surface area contributed by atoms with Crippen LogP contribution in [-0.2, 0) is 0 Å². The summed E-state index contributed by atoms with van der Waals surface area (Å²) < 4.78 is 13.6. The number of carbonyl (C=O) groups excluding carboxylic acids is 2. The molecule has 0 atom stereocenters. The number of hydrogen-bond acceptors (Lipinski definition) is 2. The van der Waals surface area contributed by atoms with Crippen molar-refractivity contribution in [2.24, 2.45) is 0 Å². The highest BCUT2D eigenvalue weighted by Gasteiger charge is 2.06. The molecule has 0 amide bonds. The summed E-state index contributed by atoms with van der Waals surface area (Å²) in [5, 5.41) is 0. The van der Waals surface area contributed by atoms with Gasteiger partial charge < -0.3 is 0 Å². The third kappa shape index (κ3) is 2.28. The molecule has 2 aromatic carbocycles. The van der Waals surface area contributed by atoms with Crippen LogP contribution in [0.2, 0.25) is 0 Å². The van der Waals surface area contributed by atoms with Crippen LogP contribution in [-0.4, -0.2) is 12.6 Å². The molecule has 0 aromatic heterocycles. The fourth-order valence-corrected chi connectivity index (χ4v) is 1.66. The Labute approximate surface area is 97.7 Å². The average Bonchev–Trinajstić information content (AvgIpc) is 2.38. The van der Waals surface area contributed by atoms with Crippen LogP contribution in [0.25, 0.3) is 11.1 Å². The minimum absolute atomic E-state index is 0.354. The van der Waals surface area contributed by atoms with Gasteiger partial charge in [-0.25, -0.2) is 4.39 Å². The molecule has 84 valence electrons. The van der Waals surface area contributed by atoms with E-state index in [2.05, 4.69) is 0 Å². The zero-order chi connectivity index (χ0) is 12.3. The van der Waals surface area contributed by atoms with Crippen LogP contribution in [0.4, 0.5) is 4.39 Å². The van der Waals surface area contributed by atoms with Gasteiger partial charge in [-0.15, -0.1) is 0 Å². The Kier molecular flexibility index (Phi) is 3.10. The maximum atomic E-state index is 13.6. The molecule has 0 saturated carbocycles. The molecule has 3 heteroatoms. The Bertz CT molecular complexity index is 550. The number of aldehydes is 2.